The zero-order valence-corrected chi connectivity index (χ0v) is 16.1. The molecule has 1 aliphatic heterocycles. The highest BCUT2D eigenvalue weighted by Crippen LogP contribution is 2.48. The molecule has 1 aliphatic carbocycles. The maximum absolute atomic E-state index is 13.7. The van der Waals surface area contributed by atoms with Crippen molar-refractivity contribution in [1.29, 1.82) is 0 Å². The van der Waals surface area contributed by atoms with Crippen molar-refractivity contribution < 1.29 is 9.53 Å². The van der Waals surface area contributed by atoms with Crippen molar-refractivity contribution in [1.82, 2.24) is 4.90 Å². The average Bonchev–Trinajstić information content (AvgIpc) is 3.12. The topological polar surface area (TPSA) is 29.5 Å². The van der Waals surface area contributed by atoms with Gasteiger partial charge in [-0.15, -0.1) is 6.58 Å². The van der Waals surface area contributed by atoms with Gasteiger partial charge in [-0.05, 0) is 43.4 Å². The molecule has 1 saturated heterocycles. The fourth-order valence-electron chi connectivity index (χ4n) is 4.68. The number of hydrogen-bond donors (Lipinski definition) is 0. The first-order valence-electron chi connectivity index (χ1n) is 9.75. The van der Waals surface area contributed by atoms with Crippen molar-refractivity contribution in [3.05, 3.63) is 83.9 Å². The number of nitrogens with zero attached hydrogens (tertiary/aromatic N) is 1. The van der Waals surface area contributed by atoms with E-state index in [1.54, 1.807) is 0 Å². The number of hydrogen-bond acceptors (Lipinski definition) is 2. The molecule has 140 valence electrons. The summed E-state index contributed by atoms with van der Waals surface area (Å²) in [7, 11) is 0. The standard InChI is InChI=1S/C24H27NO2/c1-4-10-19(15-17-11-6-5-7-12-17)23(26)25-22-20-14-9-8-13-18(20)16-21(22)27-24(25,2)3/h4-9,11-14,19,21-22H,1,10,15-16H2,2-3H3/t19-,21+,22-/m0/s1. The Morgan fingerprint density at radius 1 is 1.22 bits per heavy atom. The minimum atomic E-state index is -0.601. The molecule has 0 bridgehead atoms. The minimum Gasteiger partial charge on any atom is -0.350 e. The number of carbonyl (C=O) groups is 1. The molecular formula is C24H27NO2. The Balaban J connectivity index is 1.66. The number of ether oxygens (including phenoxy) is 1. The van der Waals surface area contributed by atoms with Gasteiger partial charge in [0, 0.05) is 12.3 Å². The van der Waals surface area contributed by atoms with Crippen LogP contribution in [0.15, 0.2) is 67.3 Å². The Bertz CT molecular complexity index is 842. The number of fused-ring (bicyclic) bond motifs is 3. The SMILES string of the molecule is C=CC[C@@H](Cc1ccccc1)C(=O)N1[C@H]2c3ccccc3C[C@H]2OC1(C)C. The summed E-state index contributed by atoms with van der Waals surface area (Å²) >= 11 is 0. The van der Waals surface area contributed by atoms with E-state index in [-0.39, 0.29) is 24.0 Å². The number of rotatable bonds is 5. The van der Waals surface area contributed by atoms with E-state index < -0.39 is 5.72 Å². The predicted molar refractivity (Wildman–Crippen MR) is 107 cm³/mol. The van der Waals surface area contributed by atoms with E-state index in [0.29, 0.717) is 6.42 Å². The Morgan fingerprint density at radius 2 is 1.93 bits per heavy atom. The van der Waals surface area contributed by atoms with E-state index in [0.717, 1.165) is 12.8 Å². The predicted octanol–water partition coefficient (Wildman–Crippen LogP) is 4.68. The highest BCUT2D eigenvalue weighted by atomic mass is 16.5. The molecule has 4 rings (SSSR count). The van der Waals surface area contributed by atoms with E-state index in [2.05, 4.69) is 43.0 Å². The van der Waals surface area contributed by atoms with Gasteiger partial charge in [0.1, 0.15) is 5.72 Å². The highest BCUT2D eigenvalue weighted by Gasteiger charge is 2.54. The lowest BCUT2D eigenvalue weighted by molar-refractivity contribution is -0.152. The first-order chi connectivity index (χ1) is 13.0. The average molecular weight is 361 g/mol. The Kier molecular flexibility index (Phi) is 4.65. The van der Waals surface area contributed by atoms with E-state index in [4.69, 9.17) is 4.74 Å². The van der Waals surface area contributed by atoms with Crippen LogP contribution in [0.25, 0.3) is 0 Å². The molecule has 0 radical (unpaired) electrons. The van der Waals surface area contributed by atoms with Gasteiger partial charge in [-0.2, -0.15) is 0 Å². The zero-order chi connectivity index (χ0) is 19.0. The summed E-state index contributed by atoms with van der Waals surface area (Å²) in [5.74, 6) is 0.0345. The van der Waals surface area contributed by atoms with Crippen LogP contribution in [0.3, 0.4) is 0 Å². The zero-order valence-electron chi connectivity index (χ0n) is 16.1. The molecule has 1 fully saturated rings. The van der Waals surface area contributed by atoms with Gasteiger partial charge < -0.3 is 9.64 Å². The van der Waals surface area contributed by atoms with Crippen molar-refractivity contribution in [3.63, 3.8) is 0 Å². The normalized spacial score (nSPS) is 23.6. The Morgan fingerprint density at radius 3 is 2.67 bits per heavy atom. The molecule has 1 heterocycles. The van der Waals surface area contributed by atoms with E-state index in [9.17, 15) is 4.79 Å². The second kappa shape index (κ2) is 6.97. The van der Waals surface area contributed by atoms with Gasteiger partial charge in [0.2, 0.25) is 5.91 Å². The van der Waals surface area contributed by atoms with Crippen LogP contribution in [-0.4, -0.2) is 22.6 Å². The lowest BCUT2D eigenvalue weighted by atomic mass is 9.93. The van der Waals surface area contributed by atoms with Gasteiger partial charge in [0.15, 0.2) is 0 Å². The summed E-state index contributed by atoms with van der Waals surface area (Å²) in [4.78, 5) is 15.7. The molecule has 1 amide bonds. The van der Waals surface area contributed by atoms with Crippen LogP contribution in [-0.2, 0) is 22.4 Å². The molecule has 2 aliphatic rings. The molecule has 0 saturated carbocycles. The monoisotopic (exact) mass is 361 g/mol. The van der Waals surface area contributed by atoms with Crippen LogP contribution in [0, 0.1) is 5.92 Å². The van der Waals surface area contributed by atoms with Crippen LogP contribution < -0.4 is 0 Å². The molecule has 0 unspecified atom stereocenters. The molecular weight excluding hydrogens is 334 g/mol. The molecule has 0 N–H and O–H groups in total. The summed E-state index contributed by atoms with van der Waals surface area (Å²) in [5.41, 5.74) is 3.11. The van der Waals surface area contributed by atoms with Crippen molar-refractivity contribution in [2.45, 2.75) is 51.0 Å². The van der Waals surface area contributed by atoms with Crippen molar-refractivity contribution in [2.24, 2.45) is 5.92 Å². The molecule has 3 heteroatoms. The van der Waals surface area contributed by atoms with E-state index in [1.807, 2.05) is 43.0 Å². The van der Waals surface area contributed by atoms with E-state index in [1.165, 1.54) is 16.7 Å². The van der Waals surface area contributed by atoms with Gasteiger partial charge in [-0.1, -0.05) is 60.7 Å². The molecule has 3 atom stereocenters. The van der Waals surface area contributed by atoms with E-state index >= 15 is 0 Å². The molecule has 3 nitrogen and oxygen atoms in total. The van der Waals surface area contributed by atoms with Crippen LogP contribution in [0.2, 0.25) is 0 Å². The van der Waals surface area contributed by atoms with Crippen LogP contribution in [0.4, 0.5) is 0 Å². The maximum atomic E-state index is 13.7. The summed E-state index contributed by atoms with van der Waals surface area (Å²) in [6.07, 6.45) is 4.16. The maximum Gasteiger partial charge on any atom is 0.229 e. The molecule has 27 heavy (non-hydrogen) atoms. The Labute approximate surface area is 161 Å². The number of benzene rings is 2. The second-order valence-corrected chi connectivity index (χ2v) is 8.07. The van der Waals surface area contributed by atoms with Gasteiger partial charge in [0.25, 0.3) is 0 Å². The summed E-state index contributed by atoms with van der Waals surface area (Å²) in [5, 5.41) is 0. The van der Waals surface area contributed by atoms with Crippen LogP contribution in [0.1, 0.15) is 43.0 Å². The second-order valence-electron chi connectivity index (χ2n) is 8.07. The fourth-order valence-corrected chi connectivity index (χ4v) is 4.68. The number of carbonyl (C=O) groups excluding carboxylic acids is 1. The van der Waals surface area contributed by atoms with Crippen LogP contribution >= 0.6 is 0 Å². The first kappa shape index (κ1) is 18.0. The molecule has 2 aromatic carbocycles. The summed E-state index contributed by atoms with van der Waals surface area (Å²) < 4.78 is 6.35. The van der Waals surface area contributed by atoms with Gasteiger partial charge >= 0.3 is 0 Å². The van der Waals surface area contributed by atoms with Gasteiger partial charge in [-0.3, -0.25) is 4.79 Å². The van der Waals surface area contributed by atoms with Crippen molar-refractivity contribution in [2.75, 3.05) is 0 Å². The number of amides is 1. The van der Waals surface area contributed by atoms with Crippen molar-refractivity contribution in [3.8, 4) is 0 Å². The third-order valence-electron chi connectivity index (χ3n) is 5.81. The lowest BCUT2D eigenvalue weighted by Gasteiger charge is -2.36. The van der Waals surface area contributed by atoms with Crippen LogP contribution in [0.5, 0.6) is 0 Å². The highest BCUT2D eigenvalue weighted by molar-refractivity contribution is 5.81. The Hall–Kier alpha value is -2.39. The molecule has 0 spiro atoms. The summed E-state index contributed by atoms with van der Waals surface area (Å²) in [6, 6.07) is 18.6. The first-order valence-corrected chi connectivity index (χ1v) is 9.75. The third-order valence-corrected chi connectivity index (χ3v) is 5.81. The number of allylic oxidation sites excluding steroid dienone is 1. The lowest BCUT2D eigenvalue weighted by Crippen LogP contribution is -2.47. The summed E-state index contributed by atoms with van der Waals surface area (Å²) in [6.45, 7) is 7.91. The van der Waals surface area contributed by atoms with Gasteiger partial charge in [-0.25, -0.2) is 0 Å². The molecule has 2 aromatic rings. The van der Waals surface area contributed by atoms with Gasteiger partial charge in [0.05, 0.1) is 12.1 Å². The third kappa shape index (κ3) is 3.21. The molecule has 0 aromatic heterocycles. The minimum absolute atomic E-state index is 0.00629. The smallest absolute Gasteiger partial charge is 0.229 e. The van der Waals surface area contributed by atoms with Crippen molar-refractivity contribution >= 4 is 5.91 Å². The fraction of sp³-hybridized carbons (Fsp3) is 0.375. The quantitative estimate of drug-likeness (QED) is 0.724. The largest absolute Gasteiger partial charge is 0.350 e.